The fourth-order valence-electron chi connectivity index (χ4n) is 2.92. The number of carbonyl (C=O) groups excluding carboxylic acids is 1. The summed E-state index contributed by atoms with van der Waals surface area (Å²) in [5.41, 5.74) is 1.10. The summed E-state index contributed by atoms with van der Waals surface area (Å²) in [4.78, 5) is 14.4. The van der Waals surface area contributed by atoms with E-state index < -0.39 is 0 Å². The zero-order valence-electron chi connectivity index (χ0n) is 13.6. The van der Waals surface area contributed by atoms with E-state index in [0.717, 1.165) is 36.5 Å². The predicted molar refractivity (Wildman–Crippen MR) is 85.9 cm³/mol. The second kappa shape index (κ2) is 6.81. The molecule has 1 amide bonds. The van der Waals surface area contributed by atoms with Gasteiger partial charge in [-0.05, 0) is 24.5 Å². The van der Waals surface area contributed by atoms with Crippen LogP contribution in [-0.2, 0) is 24.3 Å². The van der Waals surface area contributed by atoms with Gasteiger partial charge in [-0.2, -0.15) is 0 Å². The number of fused-ring (bicyclic) bond motifs is 1. The zero-order valence-corrected chi connectivity index (χ0v) is 13.6. The number of carbonyl (C=O) groups is 1. The van der Waals surface area contributed by atoms with Gasteiger partial charge >= 0.3 is 0 Å². The van der Waals surface area contributed by atoms with Gasteiger partial charge in [0.15, 0.2) is 5.82 Å². The minimum atomic E-state index is -0.141. The molecule has 1 aromatic carbocycles. The van der Waals surface area contributed by atoms with Crippen molar-refractivity contribution in [2.24, 2.45) is 5.92 Å². The maximum Gasteiger partial charge on any atom is 0.229 e. The van der Waals surface area contributed by atoms with Crippen molar-refractivity contribution < 1.29 is 9.53 Å². The Morgan fingerprint density at radius 3 is 3.09 bits per heavy atom. The summed E-state index contributed by atoms with van der Waals surface area (Å²) in [5.74, 6) is 1.66. The molecular weight excluding hydrogens is 292 g/mol. The van der Waals surface area contributed by atoms with Crippen molar-refractivity contribution in [2.45, 2.75) is 32.9 Å². The minimum Gasteiger partial charge on any atom is -0.492 e. The molecule has 0 N–H and O–H groups in total. The highest BCUT2D eigenvalue weighted by atomic mass is 16.5. The second-order valence-electron chi connectivity index (χ2n) is 5.95. The van der Waals surface area contributed by atoms with Crippen LogP contribution in [0.3, 0.4) is 0 Å². The third kappa shape index (κ3) is 3.36. The molecule has 23 heavy (non-hydrogen) atoms. The summed E-state index contributed by atoms with van der Waals surface area (Å²) < 4.78 is 7.72. The molecule has 0 saturated heterocycles. The lowest BCUT2D eigenvalue weighted by Gasteiger charge is -2.28. The molecule has 1 aromatic heterocycles. The Bertz CT molecular complexity index is 683. The molecule has 0 radical (unpaired) electrons. The summed E-state index contributed by atoms with van der Waals surface area (Å²) in [5, 5.41) is 8.07. The van der Waals surface area contributed by atoms with Gasteiger partial charge in [0, 0.05) is 13.6 Å². The number of aromatic nitrogens is 3. The summed E-state index contributed by atoms with van der Waals surface area (Å²) >= 11 is 0. The van der Waals surface area contributed by atoms with Crippen molar-refractivity contribution in [3.8, 4) is 5.75 Å². The van der Waals surface area contributed by atoms with E-state index in [2.05, 4.69) is 17.1 Å². The summed E-state index contributed by atoms with van der Waals surface area (Å²) in [6.07, 6.45) is 3.45. The largest absolute Gasteiger partial charge is 0.492 e. The molecule has 1 atom stereocenters. The highest BCUT2D eigenvalue weighted by Gasteiger charge is 2.28. The third-order valence-corrected chi connectivity index (χ3v) is 4.14. The van der Waals surface area contributed by atoms with Crippen LogP contribution in [0, 0.1) is 5.92 Å². The number of para-hydroxylation sites is 1. The van der Waals surface area contributed by atoms with Crippen molar-refractivity contribution in [3.63, 3.8) is 0 Å². The van der Waals surface area contributed by atoms with Gasteiger partial charge in [0.25, 0.3) is 0 Å². The maximum absolute atomic E-state index is 12.7. The zero-order chi connectivity index (χ0) is 16.2. The van der Waals surface area contributed by atoms with Crippen LogP contribution in [0.1, 0.15) is 24.7 Å². The van der Waals surface area contributed by atoms with E-state index in [9.17, 15) is 4.79 Å². The average molecular weight is 314 g/mol. The van der Waals surface area contributed by atoms with Crippen LogP contribution >= 0.6 is 0 Å². The lowest BCUT2D eigenvalue weighted by atomic mass is 9.95. The Hall–Kier alpha value is -2.37. The van der Waals surface area contributed by atoms with Gasteiger partial charge in [-0.3, -0.25) is 4.79 Å². The van der Waals surface area contributed by atoms with E-state index in [1.807, 2.05) is 35.9 Å². The molecular formula is C17H22N4O2. The smallest absolute Gasteiger partial charge is 0.229 e. The SMILES string of the molecule is CCCn1cnnc1CN(C)C(=O)C1COc2ccccc2C1. The van der Waals surface area contributed by atoms with Gasteiger partial charge in [0.1, 0.15) is 18.7 Å². The fraction of sp³-hybridized carbons (Fsp3) is 0.471. The molecule has 6 heteroatoms. The number of hydrogen-bond acceptors (Lipinski definition) is 4. The van der Waals surface area contributed by atoms with E-state index >= 15 is 0 Å². The summed E-state index contributed by atoms with van der Waals surface area (Å²) in [6.45, 7) is 3.87. The second-order valence-corrected chi connectivity index (χ2v) is 5.95. The molecule has 1 unspecified atom stereocenters. The van der Waals surface area contributed by atoms with Gasteiger partial charge in [-0.1, -0.05) is 25.1 Å². The van der Waals surface area contributed by atoms with Gasteiger partial charge in [-0.15, -0.1) is 10.2 Å². The molecule has 0 saturated carbocycles. The van der Waals surface area contributed by atoms with Crippen LogP contribution < -0.4 is 4.74 Å². The molecule has 0 spiro atoms. The number of benzene rings is 1. The van der Waals surface area contributed by atoms with Crippen LogP contribution in [0.25, 0.3) is 0 Å². The van der Waals surface area contributed by atoms with Crippen LogP contribution in [0.5, 0.6) is 5.75 Å². The van der Waals surface area contributed by atoms with Crippen molar-refractivity contribution >= 4 is 5.91 Å². The molecule has 6 nitrogen and oxygen atoms in total. The predicted octanol–water partition coefficient (Wildman–Crippen LogP) is 1.90. The molecule has 1 aliphatic heterocycles. The number of nitrogens with zero attached hydrogens (tertiary/aromatic N) is 4. The summed E-state index contributed by atoms with van der Waals surface area (Å²) in [6, 6.07) is 7.90. The average Bonchev–Trinajstić information content (AvgIpc) is 3.01. The monoisotopic (exact) mass is 314 g/mol. The van der Waals surface area contributed by atoms with Crippen LogP contribution in [0.15, 0.2) is 30.6 Å². The van der Waals surface area contributed by atoms with Gasteiger partial charge in [0.2, 0.25) is 5.91 Å². The van der Waals surface area contributed by atoms with Crippen molar-refractivity contribution in [3.05, 3.63) is 42.0 Å². The van der Waals surface area contributed by atoms with E-state index in [-0.39, 0.29) is 11.8 Å². The quantitative estimate of drug-likeness (QED) is 0.846. The first-order chi connectivity index (χ1) is 11.2. The van der Waals surface area contributed by atoms with Gasteiger partial charge in [0.05, 0.1) is 12.5 Å². The van der Waals surface area contributed by atoms with Crippen molar-refractivity contribution in [2.75, 3.05) is 13.7 Å². The Balaban J connectivity index is 1.65. The van der Waals surface area contributed by atoms with Gasteiger partial charge in [-0.25, -0.2) is 0 Å². The van der Waals surface area contributed by atoms with E-state index in [1.54, 1.807) is 11.2 Å². The lowest BCUT2D eigenvalue weighted by Crippen LogP contribution is -2.38. The molecule has 122 valence electrons. The first kappa shape index (κ1) is 15.5. The van der Waals surface area contributed by atoms with Gasteiger partial charge < -0.3 is 14.2 Å². The number of hydrogen-bond donors (Lipinski definition) is 0. The van der Waals surface area contributed by atoms with E-state index in [4.69, 9.17) is 4.74 Å². The molecule has 1 aliphatic rings. The first-order valence-electron chi connectivity index (χ1n) is 8.01. The minimum absolute atomic E-state index is 0.0885. The van der Waals surface area contributed by atoms with E-state index in [1.165, 1.54) is 0 Å². The molecule has 2 aromatic rings. The Labute approximate surface area is 136 Å². The van der Waals surface area contributed by atoms with Crippen molar-refractivity contribution in [1.29, 1.82) is 0 Å². The van der Waals surface area contributed by atoms with Crippen LogP contribution in [-0.4, -0.2) is 39.2 Å². The first-order valence-corrected chi connectivity index (χ1v) is 8.01. The van der Waals surface area contributed by atoms with Crippen LogP contribution in [0.2, 0.25) is 0 Å². The van der Waals surface area contributed by atoms with Crippen molar-refractivity contribution in [1.82, 2.24) is 19.7 Å². The number of rotatable bonds is 5. The number of ether oxygens (including phenoxy) is 1. The molecule has 0 aliphatic carbocycles. The van der Waals surface area contributed by atoms with E-state index in [0.29, 0.717) is 13.2 Å². The van der Waals surface area contributed by atoms with Crippen LogP contribution in [0.4, 0.5) is 0 Å². The molecule has 2 heterocycles. The highest BCUT2D eigenvalue weighted by Crippen LogP contribution is 2.27. The number of amides is 1. The molecule has 0 fully saturated rings. The number of aryl methyl sites for hydroxylation is 1. The Kier molecular flexibility index (Phi) is 4.60. The Morgan fingerprint density at radius 1 is 1.43 bits per heavy atom. The highest BCUT2D eigenvalue weighted by molar-refractivity contribution is 5.79. The normalized spacial score (nSPS) is 16.5. The topological polar surface area (TPSA) is 60.2 Å². The Morgan fingerprint density at radius 2 is 2.26 bits per heavy atom. The maximum atomic E-state index is 12.7. The molecule has 0 bridgehead atoms. The third-order valence-electron chi connectivity index (χ3n) is 4.14. The lowest BCUT2D eigenvalue weighted by molar-refractivity contribution is -0.136. The standard InChI is InChI=1S/C17H22N4O2/c1-3-8-21-12-18-19-16(21)10-20(2)17(22)14-9-13-6-4-5-7-15(13)23-11-14/h4-7,12,14H,3,8-11H2,1-2H3. The summed E-state index contributed by atoms with van der Waals surface area (Å²) in [7, 11) is 1.81. The fourth-order valence-corrected chi connectivity index (χ4v) is 2.92. The molecule has 3 rings (SSSR count).